The number of carbonyl (C=O) groups is 1. The molecule has 1 fully saturated rings. The predicted molar refractivity (Wildman–Crippen MR) is 62.6 cm³/mol. The highest BCUT2D eigenvalue weighted by Crippen LogP contribution is 2.39. The van der Waals surface area contributed by atoms with Crippen molar-refractivity contribution in [3.63, 3.8) is 0 Å². The van der Waals surface area contributed by atoms with Crippen LogP contribution in [0.2, 0.25) is 0 Å². The van der Waals surface area contributed by atoms with Crippen LogP contribution in [0.4, 0.5) is 5.69 Å². The van der Waals surface area contributed by atoms with Crippen molar-refractivity contribution in [1.82, 2.24) is 0 Å². The van der Waals surface area contributed by atoms with E-state index in [4.69, 9.17) is 9.84 Å². The molecule has 1 aliphatic carbocycles. The molecule has 0 unspecified atom stereocenters. The van der Waals surface area contributed by atoms with Crippen LogP contribution < -0.4 is 4.74 Å². The van der Waals surface area contributed by atoms with Gasteiger partial charge in [-0.25, -0.2) is 0 Å². The van der Waals surface area contributed by atoms with Gasteiger partial charge >= 0.3 is 5.97 Å². The van der Waals surface area contributed by atoms with Crippen LogP contribution in [0.25, 0.3) is 0 Å². The fraction of sp³-hybridized carbons (Fsp3) is 0.417. The molecule has 0 bridgehead atoms. The second-order valence-corrected chi connectivity index (χ2v) is 4.46. The Morgan fingerprint density at radius 1 is 1.39 bits per heavy atom. The van der Waals surface area contributed by atoms with Crippen molar-refractivity contribution in [2.45, 2.75) is 31.3 Å². The Hall–Kier alpha value is -2.11. The first-order valence-corrected chi connectivity index (χ1v) is 5.66. The molecule has 0 radical (unpaired) electrons. The first kappa shape index (κ1) is 12.3. The second-order valence-electron chi connectivity index (χ2n) is 4.46. The minimum atomic E-state index is -0.892. The number of nitrogens with zero attached hydrogens (tertiary/aromatic N) is 1. The summed E-state index contributed by atoms with van der Waals surface area (Å²) in [5.74, 6) is -0.418. The van der Waals surface area contributed by atoms with Crippen LogP contribution in [-0.4, -0.2) is 21.6 Å². The third kappa shape index (κ3) is 2.58. The number of nitro benzene ring substituents is 1. The molecule has 0 amide bonds. The Balaban J connectivity index is 2.08. The quantitative estimate of drug-likeness (QED) is 0.640. The van der Waals surface area contributed by atoms with Crippen LogP contribution in [0.15, 0.2) is 24.3 Å². The number of non-ortho nitro benzene ring substituents is 1. The van der Waals surface area contributed by atoms with Crippen LogP contribution in [-0.2, 0) is 4.79 Å². The number of nitro groups is 1. The highest BCUT2D eigenvalue weighted by atomic mass is 16.6. The highest BCUT2D eigenvalue weighted by Gasteiger charge is 2.41. The monoisotopic (exact) mass is 251 g/mol. The second kappa shape index (κ2) is 4.64. The molecule has 1 saturated carbocycles. The van der Waals surface area contributed by atoms with Crippen LogP contribution in [0.3, 0.4) is 0 Å². The maximum absolute atomic E-state index is 10.8. The average molecular weight is 251 g/mol. The van der Waals surface area contributed by atoms with Crippen LogP contribution in [0.5, 0.6) is 5.75 Å². The van der Waals surface area contributed by atoms with Crippen molar-refractivity contribution in [1.29, 1.82) is 0 Å². The Kier molecular flexibility index (Phi) is 3.18. The number of hydrogen-bond acceptors (Lipinski definition) is 4. The molecule has 0 spiro atoms. The number of benzene rings is 1. The maximum Gasteiger partial charge on any atom is 0.307 e. The van der Waals surface area contributed by atoms with E-state index in [1.165, 1.54) is 24.3 Å². The van der Waals surface area contributed by atoms with Gasteiger partial charge in [0.05, 0.1) is 11.3 Å². The summed E-state index contributed by atoms with van der Waals surface area (Å²) >= 11 is 0. The number of ether oxygens (including phenoxy) is 1. The van der Waals surface area contributed by atoms with Gasteiger partial charge in [0, 0.05) is 12.1 Å². The van der Waals surface area contributed by atoms with Crippen LogP contribution in [0.1, 0.15) is 25.7 Å². The summed E-state index contributed by atoms with van der Waals surface area (Å²) < 4.78 is 5.68. The Morgan fingerprint density at radius 2 is 2.00 bits per heavy atom. The van der Waals surface area contributed by atoms with E-state index in [2.05, 4.69) is 0 Å². The van der Waals surface area contributed by atoms with Crippen molar-refractivity contribution in [3.05, 3.63) is 34.4 Å². The van der Waals surface area contributed by atoms with E-state index in [0.29, 0.717) is 18.6 Å². The van der Waals surface area contributed by atoms with Crippen LogP contribution in [0, 0.1) is 10.1 Å². The molecule has 0 saturated heterocycles. The fourth-order valence-corrected chi connectivity index (χ4v) is 2.05. The van der Waals surface area contributed by atoms with Crippen molar-refractivity contribution >= 4 is 11.7 Å². The molecule has 1 aromatic rings. The zero-order valence-corrected chi connectivity index (χ0v) is 9.67. The van der Waals surface area contributed by atoms with E-state index in [9.17, 15) is 14.9 Å². The molecule has 18 heavy (non-hydrogen) atoms. The van der Waals surface area contributed by atoms with Crippen molar-refractivity contribution in [3.8, 4) is 5.75 Å². The van der Waals surface area contributed by atoms with Crippen molar-refractivity contribution < 1.29 is 19.6 Å². The normalized spacial score (nSPS) is 16.7. The van der Waals surface area contributed by atoms with Gasteiger partial charge in [-0.15, -0.1) is 0 Å². The molecular formula is C12H13NO5. The van der Waals surface area contributed by atoms with Crippen molar-refractivity contribution in [2.75, 3.05) is 0 Å². The topological polar surface area (TPSA) is 89.7 Å². The molecular weight excluding hydrogens is 238 g/mol. The van der Waals surface area contributed by atoms with Gasteiger partial charge in [0.1, 0.15) is 11.4 Å². The maximum atomic E-state index is 10.8. The lowest BCUT2D eigenvalue weighted by atomic mass is 9.77. The molecule has 0 aromatic heterocycles. The molecule has 6 heteroatoms. The third-order valence-corrected chi connectivity index (χ3v) is 3.12. The van der Waals surface area contributed by atoms with E-state index in [-0.39, 0.29) is 12.1 Å². The van der Waals surface area contributed by atoms with Gasteiger partial charge in [-0.05, 0) is 31.4 Å². The number of rotatable bonds is 5. The minimum absolute atomic E-state index is 0.0109. The summed E-state index contributed by atoms with van der Waals surface area (Å²) in [4.78, 5) is 20.8. The van der Waals surface area contributed by atoms with E-state index in [0.717, 1.165) is 6.42 Å². The molecule has 2 rings (SSSR count). The van der Waals surface area contributed by atoms with Gasteiger partial charge in [-0.2, -0.15) is 0 Å². The molecule has 1 aromatic carbocycles. The molecule has 0 aliphatic heterocycles. The number of hydrogen-bond donors (Lipinski definition) is 1. The summed E-state index contributed by atoms with van der Waals surface area (Å²) in [5, 5.41) is 19.3. The number of carboxylic acids is 1. The van der Waals surface area contributed by atoms with Crippen LogP contribution >= 0.6 is 0 Å². The van der Waals surface area contributed by atoms with Crippen molar-refractivity contribution in [2.24, 2.45) is 0 Å². The summed E-state index contributed by atoms with van der Waals surface area (Å²) in [6, 6.07) is 5.70. The summed E-state index contributed by atoms with van der Waals surface area (Å²) in [6.45, 7) is 0. The van der Waals surface area contributed by atoms with Gasteiger partial charge in [-0.3, -0.25) is 14.9 Å². The molecule has 1 aliphatic rings. The van der Waals surface area contributed by atoms with Gasteiger partial charge in [0.2, 0.25) is 0 Å². The largest absolute Gasteiger partial charge is 0.487 e. The fourth-order valence-electron chi connectivity index (χ4n) is 2.05. The smallest absolute Gasteiger partial charge is 0.307 e. The number of aliphatic carboxylic acids is 1. The zero-order chi connectivity index (χ0) is 13.2. The summed E-state index contributed by atoms with van der Waals surface area (Å²) in [6.07, 6.45) is 2.32. The Morgan fingerprint density at radius 3 is 2.39 bits per heavy atom. The molecule has 96 valence electrons. The van der Waals surface area contributed by atoms with E-state index in [1.54, 1.807) is 0 Å². The first-order chi connectivity index (χ1) is 8.51. The first-order valence-electron chi connectivity index (χ1n) is 5.66. The van der Waals surface area contributed by atoms with Gasteiger partial charge in [0.25, 0.3) is 5.69 Å². The van der Waals surface area contributed by atoms with E-state index in [1.807, 2.05) is 0 Å². The molecule has 1 N–H and O–H groups in total. The number of carboxylic acid groups (broad SMARTS) is 1. The molecule has 6 nitrogen and oxygen atoms in total. The zero-order valence-electron chi connectivity index (χ0n) is 9.67. The van der Waals surface area contributed by atoms with Gasteiger partial charge in [0.15, 0.2) is 0 Å². The SMILES string of the molecule is O=C(O)CC1(Oc2ccc([N+](=O)[O-])cc2)CCC1. The van der Waals surface area contributed by atoms with E-state index >= 15 is 0 Å². The third-order valence-electron chi connectivity index (χ3n) is 3.12. The predicted octanol–water partition coefficient (Wildman–Crippen LogP) is 2.37. The Labute approximate surface area is 103 Å². The standard InChI is InChI=1S/C12H13NO5/c14-11(15)8-12(6-1-7-12)18-10-4-2-9(3-5-10)13(16)17/h2-5H,1,6-8H2,(H,14,15). The Bertz CT molecular complexity index is 464. The van der Waals surface area contributed by atoms with Gasteiger partial charge in [-0.1, -0.05) is 0 Å². The van der Waals surface area contributed by atoms with E-state index < -0.39 is 16.5 Å². The lowest BCUT2D eigenvalue weighted by molar-refractivity contribution is -0.384. The van der Waals surface area contributed by atoms with Gasteiger partial charge < -0.3 is 9.84 Å². The summed E-state index contributed by atoms with van der Waals surface area (Å²) in [7, 11) is 0. The minimum Gasteiger partial charge on any atom is -0.487 e. The lowest BCUT2D eigenvalue weighted by Crippen LogP contribution is -2.45. The summed E-state index contributed by atoms with van der Waals surface area (Å²) in [5.41, 5.74) is -0.648. The molecule has 0 heterocycles. The lowest BCUT2D eigenvalue weighted by Gasteiger charge is -2.40. The molecule has 0 atom stereocenters. The average Bonchev–Trinajstić information content (AvgIpc) is 2.26. The highest BCUT2D eigenvalue weighted by molar-refractivity contribution is 5.68.